The summed E-state index contributed by atoms with van der Waals surface area (Å²) in [6.07, 6.45) is 9.38. The summed E-state index contributed by atoms with van der Waals surface area (Å²) >= 11 is 0. The molecule has 0 radical (unpaired) electrons. The lowest BCUT2D eigenvalue weighted by Gasteiger charge is -2.40. The summed E-state index contributed by atoms with van der Waals surface area (Å²) in [5, 5.41) is 2.87. The number of fused-ring (bicyclic) bond motifs is 4. The summed E-state index contributed by atoms with van der Waals surface area (Å²) in [5.74, 6) is 0.914. The van der Waals surface area contributed by atoms with Gasteiger partial charge in [0.1, 0.15) is 17.3 Å². The lowest BCUT2D eigenvalue weighted by molar-refractivity contribution is 0.102. The molecule has 2 unspecified atom stereocenters. The fraction of sp³-hybridized carbons (Fsp3) is 0.423. The average Bonchev–Trinajstić information content (AvgIpc) is 3.17. The van der Waals surface area contributed by atoms with Gasteiger partial charge in [0.15, 0.2) is 0 Å². The van der Waals surface area contributed by atoms with Crippen molar-refractivity contribution in [3.05, 3.63) is 72.2 Å². The van der Waals surface area contributed by atoms with Crippen LogP contribution < -0.4 is 10.2 Å². The zero-order chi connectivity index (χ0) is 23.7. The third-order valence-electron chi connectivity index (χ3n) is 6.94. The van der Waals surface area contributed by atoms with Gasteiger partial charge >= 0.3 is 0 Å². The number of nitrogens with one attached hydrogen (secondary N) is 1. The Morgan fingerprint density at radius 2 is 1.94 bits per heavy atom. The van der Waals surface area contributed by atoms with Crippen LogP contribution in [0.5, 0.6) is 0 Å². The summed E-state index contributed by atoms with van der Waals surface area (Å²) in [6.45, 7) is 6.94. The van der Waals surface area contributed by atoms with Crippen LogP contribution in [-0.2, 0) is 0 Å². The van der Waals surface area contributed by atoms with E-state index in [1.807, 2.05) is 29.3 Å². The summed E-state index contributed by atoms with van der Waals surface area (Å²) in [6, 6.07) is 9.54. The first-order chi connectivity index (χ1) is 16.5. The van der Waals surface area contributed by atoms with Crippen molar-refractivity contribution in [2.45, 2.75) is 38.8 Å². The number of carbonyl (C=O) groups excluding carboxylic acids is 1. The topological polar surface area (TPSA) is 64.6 Å². The van der Waals surface area contributed by atoms with Crippen LogP contribution in [0.25, 0.3) is 0 Å². The van der Waals surface area contributed by atoms with E-state index in [0.717, 1.165) is 44.0 Å². The average molecular weight is 463 g/mol. The Morgan fingerprint density at radius 3 is 2.71 bits per heavy atom. The highest BCUT2D eigenvalue weighted by Crippen LogP contribution is 2.35. The normalized spacial score (nSPS) is 22.4. The number of nitrogens with zero attached hydrogens (tertiary/aromatic N) is 5. The van der Waals surface area contributed by atoms with Crippen molar-refractivity contribution in [3.63, 3.8) is 0 Å². The molecule has 8 heteroatoms. The fourth-order valence-corrected chi connectivity index (χ4v) is 5.08. The first-order valence-electron chi connectivity index (χ1n) is 12.0. The number of hydrogen-bond donors (Lipinski definition) is 1. The second-order valence-corrected chi connectivity index (χ2v) is 9.60. The molecule has 7 nitrogen and oxygen atoms in total. The van der Waals surface area contributed by atoms with Crippen LogP contribution in [0.2, 0.25) is 0 Å². The van der Waals surface area contributed by atoms with E-state index in [2.05, 4.69) is 38.9 Å². The number of pyridine rings is 2. The number of piperidine rings is 1. The number of amides is 1. The molecule has 4 aliphatic heterocycles. The van der Waals surface area contributed by atoms with Gasteiger partial charge in [0.05, 0.1) is 12.2 Å². The Kier molecular flexibility index (Phi) is 6.22. The molecule has 0 aliphatic carbocycles. The molecule has 2 atom stereocenters. The third kappa shape index (κ3) is 4.62. The van der Waals surface area contributed by atoms with Crippen molar-refractivity contribution in [1.29, 1.82) is 0 Å². The van der Waals surface area contributed by atoms with Crippen molar-refractivity contribution < 1.29 is 9.18 Å². The number of allylic oxidation sites excluding steroid dienone is 1. The van der Waals surface area contributed by atoms with Gasteiger partial charge in [-0.1, -0.05) is 6.07 Å². The highest BCUT2D eigenvalue weighted by Gasteiger charge is 2.37. The molecular formula is C26H31FN6O. The van der Waals surface area contributed by atoms with Crippen molar-refractivity contribution in [2.75, 3.05) is 36.4 Å². The van der Waals surface area contributed by atoms with E-state index < -0.39 is 0 Å². The summed E-state index contributed by atoms with van der Waals surface area (Å²) in [7, 11) is 0. The molecule has 34 heavy (non-hydrogen) atoms. The fourth-order valence-electron chi connectivity index (χ4n) is 5.08. The number of carbonyl (C=O) groups is 1. The van der Waals surface area contributed by atoms with Crippen LogP contribution in [0, 0.1) is 5.92 Å². The standard InChI is InChI=1S/C26H31FN6O/c1-18(2)31-13-10-24(22(27)17-31)33-15-19-6-7-21(33)16-32(14-19)25-5-3-4-23(30-25)26(34)29-20-8-11-28-12-9-20/h3-5,8-13,18-19,21H,6-7,14-17H2,1-2H3,(H,28,29,34). The van der Waals surface area contributed by atoms with Crippen LogP contribution in [0.1, 0.15) is 37.2 Å². The van der Waals surface area contributed by atoms with Gasteiger partial charge in [-0.05, 0) is 62.9 Å². The van der Waals surface area contributed by atoms with Crippen molar-refractivity contribution in [3.8, 4) is 0 Å². The van der Waals surface area contributed by atoms with Crippen LogP contribution in [0.3, 0.4) is 0 Å². The van der Waals surface area contributed by atoms with E-state index in [1.165, 1.54) is 0 Å². The van der Waals surface area contributed by atoms with E-state index in [4.69, 9.17) is 0 Å². The molecule has 6 heterocycles. The Morgan fingerprint density at radius 1 is 1.12 bits per heavy atom. The molecule has 3 saturated heterocycles. The minimum absolute atomic E-state index is 0.0526. The van der Waals surface area contributed by atoms with Crippen LogP contribution in [-0.4, -0.2) is 63.9 Å². The quantitative estimate of drug-likeness (QED) is 0.723. The molecule has 0 aromatic carbocycles. The largest absolute Gasteiger partial charge is 0.368 e. The lowest BCUT2D eigenvalue weighted by Crippen LogP contribution is -2.44. The number of aromatic nitrogens is 2. The summed E-state index contributed by atoms with van der Waals surface area (Å²) < 4.78 is 15.1. The van der Waals surface area contributed by atoms with Crippen molar-refractivity contribution >= 4 is 17.4 Å². The Hall–Kier alpha value is -3.42. The smallest absolute Gasteiger partial charge is 0.274 e. The van der Waals surface area contributed by atoms with Crippen LogP contribution in [0.4, 0.5) is 15.9 Å². The maximum Gasteiger partial charge on any atom is 0.274 e. The highest BCUT2D eigenvalue weighted by molar-refractivity contribution is 6.03. The van der Waals surface area contributed by atoms with Crippen molar-refractivity contribution in [1.82, 2.24) is 19.8 Å². The summed E-state index contributed by atoms with van der Waals surface area (Å²) in [4.78, 5) is 28.0. The number of rotatable bonds is 5. The molecule has 178 valence electrons. The highest BCUT2D eigenvalue weighted by atomic mass is 19.1. The van der Waals surface area contributed by atoms with Crippen LogP contribution in [0.15, 0.2) is 66.5 Å². The maximum atomic E-state index is 15.1. The molecule has 3 fully saturated rings. The number of anilines is 2. The molecule has 1 N–H and O–H groups in total. The van der Waals surface area contributed by atoms with Gasteiger partial charge in [-0.2, -0.15) is 0 Å². The van der Waals surface area contributed by atoms with Gasteiger partial charge in [-0.25, -0.2) is 9.37 Å². The maximum absolute atomic E-state index is 15.1. The second kappa shape index (κ2) is 9.44. The van der Waals surface area contributed by atoms with E-state index in [-0.39, 0.29) is 23.8 Å². The SMILES string of the molecule is CC(C)N1C=CC(N2CC3CCC2CN(c2cccc(C(=O)Nc4ccncc4)n2)C3)=C(F)C1. The Balaban J connectivity index is 1.32. The first kappa shape index (κ1) is 22.4. The zero-order valence-electron chi connectivity index (χ0n) is 19.7. The van der Waals surface area contributed by atoms with Gasteiger partial charge < -0.3 is 20.0 Å². The molecule has 2 aromatic heterocycles. The molecule has 4 aliphatic rings. The van der Waals surface area contributed by atoms with Gasteiger partial charge in [0.2, 0.25) is 0 Å². The number of halogens is 1. The second-order valence-electron chi connectivity index (χ2n) is 9.60. The third-order valence-corrected chi connectivity index (χ3v) is 6.94. The van der Waals surface area contributed by atoms with Gasteiger partial charge in [-0.3, -0.25) is 9.78 Å². The van der Waals surface area contributed by atoms with Crippen LogP contribution >= 0.6 is 0 Å². The molecule has 2 aromatic rings. The Labute approximate surface area is 200 Å². The predicted octanol–water partition coefficient (Wildman–Crippen LogP) is 4.05. The minimum atomic E-state index is -0.248. The predicted molar refractivity (Wildman–Crippen MR) is 131 cm³/mol. The summed E-state index contributed by atoms with van der Waals surface area (Å²) in [5.41, 5.74) is 1.79. The molecule has 1 amide bonds. The molecule has 0 spiro atoms. The van der Waals surface area contributed by atoms with Gasteiger partial charge in [-0.15, -0.1) is 0 Å². The van der Waals surface area contributed by atoms with Gasteiger partial charge in [0, 0.05) is 56.0 Å². The molecule has 2 bridgehead atoms. The zero-order valence-corrected chi connectivity index (χ0v) is 19.7. The van der Waals surface area contributed by atoms with E-state index in [1.54, 1.807) is 30.6 Å². The van der Waals surface area contributed by atoms with E-state index >= 15 is 4.39 Å². The molecular weight excluding hydrogens is 431 g/mol. The lowest BCUT2D eigenvalue weighted by atomic mass is 9.94. The molecule has 0 saturated carbocycles. The van der Waals surface area contributed by atoms with Gasteiger partial charge in [0.25, 0.3) is 5.91 Å². The number of hydrogen-bond acceptors (Lipinski definition) is 6. The van der Waals surface area contributed by atoms with E-state index in [9.17, 15) is 4.79 Å². The minimum Gasteiger partial charge on any atom is -0.368 e. The van der Waals surface area contributed by atoms with E-state index in [0.29, 0.717) is 23.8 Å². The van der Waals surface area contributed by atoms with Crippen molar-refractivity contribution in [2.24, 2.45) is 5.92 Å². The Bertz CT molecular complexity index is 1100. The monoisotopic (exact) mass is 462 g/mol. The molecule has 6 rings (SSSR count). The first-order valence-corrected chi connectivity index (χ1v) is 12.0.